The van der Waals surface area contributed by atoms with Crippen molar-refractivity contribution < 1.29 is 9.90 Å². The lowest BCUT2D eigenvalue weighted by molar-refractivity contribution is -0.246. The summed E-state index contributed by atoms with van der Waals surface area (Å²) in [7, 11) is 0. The van der Waals surface area contributed by atoms with Crippen molar-refractivity contribution in [2.24, 2.45) is 62.4 Å². The lowest BCUT2D eigenvalue weighted by atomic mass is 9.32. The molecule has 0 aromatic carbocycles. The highest BCUT2D eigenvalue weighted by atomic mass is 16.3. The summed E-state index contributed by atoms with van der Waals surface area (Å²) >= 11 is 0. The standard InChI is InChI=1S/C30H49NO2/c1-18(2)19-10-15-30(25(31)33)17-16-28(6)20(24(19)30)8-9-22-27(5)13-12-23(32)26(3,4)21(27)11-14-29(22,28)7/h19-24,32H,1,8-17H2,2-7H3,(H2,31,33)/t19?,20?,21?,22?,23-,24?,27-,28+,29+,30-/m0/s1. The van der Waals surface area contributed by atoms with Crippen LogP contribution in [-0.2, 0) is 4.79 Å². The summed E-state index contributed by atoms with van der Waals surface area (Å²) in [6.45, 7) is 19.0. The van der Waals surface area contributed by atoms with Crippen LogP contribution in [0.3, 0.4) is 0 Å². The molecule has 5 fully saturated rings. The first kappa shape index (κ1) is 23.9. The van der Waals surface area contributed by atoms with Crippen molar-refractivity contribution in [3.05, 3.63) is 12.2 Å². The zero-order valence-corrected chi connectivity index (χ0v) is 22.2. The molecule has 0 radical (unpaired) electrons. The second-order valence-corrected chi connectivity index (χ2v) is 14.6. The van der Waals surface area contributed by atoms with Gasteiger partial charge in [-0.1, -0.05) is 46.8 Å². The van der Waals surface area contributed by atoms with E-state index < -0.39 is 0 Å². The number of carbonyl (C=O) groups excluding carboxylic acids is 1. The van der Waals surface area contributed by atoms with Gasteiger partial charge in [-0.15, -0.1) is 0 Å². The van der Waals surface area contributed by atoms with Crippen LogP contribution >= 0.6 is 0 Å². The van der Waals surface area contributed by atoms with Gasteiger partial charge in [0.25, 0.3) is 0 Å². The van der Waals surface area contributed by atoms with Crippen molar-refractivity contribution in [3.63, 3.8) is 0 Å². The van der Waals surface area contributed by atoms with Gasteiger partial charge in [0.1, 0.15) is 0 Å². The van der Waals surface area contributed by atoms with Gasteiger partial charge in [-0.05, 0) is 122 Å². The summed E-state index contributed by atoms with van der Waals surface area (Å²) in [4.78, 5) is 13.0. The molecule has 5 rings (SSSR count). The highest BCUT2D eigenvalue weighted by Crippen LogP contribution is 2.77. The molecule has 3 N–H and O–H groups in total. The molecule has 1 amide bonds. The fourth-order valence-electron chi connectivity index (χ4n) is 11.6. The minimum absolute atomic E-state index is 0.00370. The Balaban J connectivity index is 1.57. The molecule has 0 spiro atoms. The van der Waals surface area contributed by atoms with Gasteiger partial charge >= 0.3 is 0 Å². The van der Waals surface area contributed by atoms with E-state index >= 15 is 0 Å². The number of hydrogen-bond acceptors (Lipinski definition) is 2. The Morgan fingerprint density at radius 1 is 0.848 bits per heavy atom. The van der Waals surface area contributed by atoms with Gasteiger partial charge in [-0.3, -0.25) is 4.79 Å². The molecule has 5 aliphatic rings. The first-order valence-corrected chi connectivity index (χ1v) is 13.9. The third-order valence-electron chi connectivity index (χ3n) is 13.5. The molecule has 0 aromatic heterocycles. The van der Waals surface area contributed by atoms with E-state index in [2.05, 4.69) is 48.1 Å². The van der Waals surface area contributed by atoms with E-state index in [4.69, 9.17) is 5.73 Å². The zero-order chi connectivity index (χ0) is 24.2. The van der Waals surface area contributed by atoms with Gasteiger partial charge in [0, 0.05) is 0 Å². The van der Waals surface area contributed by atoms with Crippen molar-refractivity contribution >= 4 is 5.91 Å². The second kappa shape index (κ2) is 7.11. The Kier molecular flexibility index (Phi) is 5.15. The average Bonchev–Trinajstić information content (AvgIpc) is 3.13. The maximum Gasteiger partial charge on any atom is 0.223 e. The molecule has 5 saturated carbocycles. The lowest BCUT2D eigenvalue weighted by Gasteiger charge is -2.72. The van der Waals surface area contributed by atoms with Gasteiger partial charge in [-0.2, -0.15) is 0 Å². The van der Waals surface area contributed by atoms with Gasteiger partial charge in [0.15, 0.2) is 0 Å². The minimum atomic E-state index is -0.310. The molecule has 0 aromatic rings. The second-order valence-electron chi connectivity index (χ2n) is 14.6. The van der Waals surface area contributed by atoms with Crippen LogP contribution in [0.5, 0.6) is 0 Å². The maximum atomic E-state index is 13.0. The summed E-state index contributed by atoms with van der Waals surface area (Å²) in [5, 5.41) is 10.9. The predicted octanol–water partition coefficient (Wildman–Crippen LogP) is 6.49. The Labute approximate surface area is 202 Å². The SMILES string of the molecule is C=C(C)C1CC[C@]2(C(N)=O)CC[C@]3(C)C(CCC4[C@@]5(C)CC[C@H](O)C(C)(C)C5CC[C@]43C)C12. The number of aliphatic hydroxyl groups is 1. The first-order valence-electron chi connectivity index (χ1n) is 13.9. The molecule has 3 nitrogen and oxygen atoms in total. The van der Waals surface area contributed by atoms with E-state index in [0.29, 0.717) is 35.0 Å². The number of amides is 1. The molecule has 5 unspecified atom stereocenters. The third kappa shape index (κ3) is 2.75. The highest BCUT2D eigenvalue weighted by molar-refractivity contribution is 5.82. The first-order chi connectivity index (χ1) is 15.3. The normalized spacial score (nSPS) is 55.0. The fourth-order valence-corrected chi connectivity index (χ4v) is 11.6. The summed E-state index contributed by atoms with van der Waals surface area (Å²) < 4.78 is 0. The van der Waals surface area contributed by atoms with Crippen LogP contribution in [0.1, 0.15) is 106 Å². The smallest absolute Gasteiger partial charge is 0.223 e. The summed E-state index contributed by atoms with van der Waals surface area (Å²) in [5.74, 6) is 2.63. The van der Waals surface area contributed by atoms with E-state index in [1.807, 2.05) is 0 Å². The van der Waals surface area contributed by atoms with Crippen molar-refractivity contribution in [1.82, 2.24) is 0 Å². The van der Waals surface area contributed by atoms with Crippen LogP contribution < -0.4 is 5.73 Å². The quantitative estimate of drug-likeness (QED) is 0.467. The molecular weight excluding hydrogens is 406 g/mol. The summed E-state index contributed by atoms with van der Waals surface area (Å²) in [6.07, 6.45) is 11.1. The number of nitrogens with two attached hydrogens (primary N) is 1. The van der Waals surface area contributed by atoms with Crippen LogP contribution in [0, 0.1) is 56.7 Å². The summed E-state index contributed by atoms with van der Waals surface area (Å²) in [6, 6.07) is 0. The highest BCUT2D eigenvalue weighted by Gasteiger charge is 2.71. The number of aliphatic hydroxyl groups excluding tert-OH is 1. The van der Waals surface area contributed by atoms with Gasteiger partial charge in [-0.25, -0.2) is 0 Å². The van der Waals surface area contributed by atoms with E-state index in [-0.39, 0.29) is 33.7 Å². The molecule has 3 heteroatoms. The van der Waals surface area contributed by atoms with Gasteiger partial charge in [0.05, 0.1) is 11.5 Å². The predicted molar refractivity (Wildman–Crippen MR) is 134 cm³/mol. The monoisotopic (exact) mass is 455 g/mol. The molecule has 10 atom stereocenters. The van der Waals surface area contributed by atoms with Crippen molar-refractivity contribution in [3.8, 4) is 0 Å². The van der Waals surface area contributed by atoms with Crippen molar-refractivity contribution in [1.29, 1.82) is 0 Å². The largest absolute Gasteiger partial charge is 0.393 e. The Morgan fingerprint density at radius 2 is 1.55 bits per heavy atom. The number of hydrogen-bond donors (Lipinski definition) is 2. The third-order valence-corrected chi connectivity index (χ3v) is 13.5. The van der Waals surface area contributed by atoms with E-state index in [1.54, 1.807) is 0 Å². The molecule has 33 heavy (non-hydrogen) atoms. The molecule has 186 valence electrons. The van der Waals surface area contributed by atoms with Crippen LogP contribution in [-0.4, -0.2) is 17.1 Å². The average molecular weight is 456 g/mol. The lowest BCUT2D eigenvalue weighted by Crippen LogP contribution is -2.67. The molecule has 0 heterocycles. The number of rotatable bonds is 2. The van der Waals surface area contributed by atoms with Crippen LogP contribution in [0.15, 0.2) is 12.2 Å². The topological polar surface area (TPSA) is 63.3 Å². The minimum Gasteiger partial charge on any atom is -0.393 e. The summed E-state index contributed by atoms with van der Waals surface area (Å²) in [5.41, 5.74) is 7.96. The van der Waals surface area contributed by atoms with E-state index in [0.717, 1.165) is 38.5 Å². The zero-order valence-electron chi connectivity index (χ0n) is 22.2. The van der Waals surface area contributed by atoms with Gasteiger partial charge < -0.3 is 10.8 Å². The number of primary amides is 1. The van der Waals surface area contributed by atoms with Crippen LogP contribution in [0.4, 0.5) is 0 Å². The Hall–Kier alpha value is -0.830. The van der Waals surface area contributed by atoms with Crippen molar-refractivity contribution in [2.75, 3.05) is 0 Å². The van der Waals surface area contributed by atoms with E-state index in [1.165, 1.54) is 31.3 Å². The fraction of sp³-hybridized carbons (Fsp3) is 0.900. The Bertz CT molecular complexity index is 863. The van der Waals surface area contributed by atoms with E-state index in [9.17, 15) is 9.90 Å². The number of fused-ring (bicyclic) bond motifs is 7. The molecule has 5 aliphatic carbocycles. The molecular formula is C30H49NO2. The van der Waals surface area contributed by atoms with Gasteiger partial charge in [0.2, 0.25) is 5.91 Å². The number of allylic oxidation sites excluding steroid dienone is 1. The van der Waals surface area contributed by atoms with Crippen molar-refractivity contribution in [2.45, 2.75) is 112 Å². The molecule has 0 saturated heterocycles. The molecule has 0 bridgehead atoms. The maximum absolute atomic E-state index is 13.0. The van der Waals surface area contributed by atoms with Crippen LogP contribution in [0.2, 0.25) is 0 Å². The number of carbonyl (C=O) groups is 1. The Morgan fingerprint density at radius 3 is 2.18 bits per heavy atom. The molecule has 0 aliphatic heterocycles. The van der Waals surface area contributed by atoms with Crippen LogP contribution in [0.25, 0.3) is 0 Å².